The van der Waals surface area contributed by atoms with E-state index >= 15 is 0 Å². The summed E-state index contributed by atoms with van der Waals surface area (Å²) >= 11 is 0. The van der Waals surface area contributed by atoms with Crippen LogP contribution in [-0.4, -0.2) is 22.7 Å². The maximum atomic E-state index is 12.9. The number of carbonyl (C=O) groups is 3. The first-order valence-electron chi connectivity index (χ1n) is 6.95. The summed E-state index contributed by atoms with van der Waals surface area (Å²) in [5.41, 5.74) is -0.448. The van der Waals surface area contributed by atoms with E-state index in [0.29, 0.717) is 18.4 Å². The lowest BCUT2D eigenvalue weighted by atomic mass is 9.82. The van der Waals surface area contributed by atoms with Crippen LogP contribution >= 0.6 is 0 Å². The minimum absolute atomic E-state index is 0.0416. The molecule has 1 spiro atoms. The Morgan fingerprint density at radius 3 is 2.33 bits per heavy atom. The lowest BCUT2D eigenvalue weighted by Gasteiger charge is -2.36. The fourth-order valence-electron chi connectivity index (χ4n) is 3.07. The first-order valence-corrected chi connectivity index (χ1v) is 6.95. The van der Waals surface area contributed by atoms with Crippen LogP contribution in [0.3, 0.4) is 0 Å². The van der Waals surface area contributed by atoms with Crippen molar-refractivity contribution < 1.29 is 18.8 Å². The van der Waals surface area contributed by atoms with Crippen molar-refractivity contribution in [3.8, 4) is 0 Å². The molecule has 1 aliphatic carbocycles. The van der Waals surface area contributed by atoms with Crippen molar-refractivity contribution in [2.24, 2.45) is 5.41 Å². The van der Waals surface area contributed by atoms with E-state index in [1.165, 1.54) is 24.3 Å². The van der Waals surface area contributed by atoms with Crippen LogP contribution in [0.15, 0.2) is 24.3 Å². The van der Waals surface area contributed by atoms with Gasteiger partial charge in [-0.05, 0) is 30.5 Å². The maximum absolute atomic E-state index is 12.9. The molecule has 2 aliphatic rings. The molecule has 4 amide bonds. The van der Waals surface area contributed by atoms with Crippen LogP contribution in [0.5, 0.6) is 0 Å². The Morgan fingerprint density at radius 1 is 1.10 bits per heavy atom. The first-order chi connectivity index (χ1) is 10.0. The highest BCUT2D eigenvalue weighted by molar-refractivity contribution is 6.19. The molecule has 1 saturated heterocycles. The molecule has 21 heavy (non-hydrogen) atoms. The van der Waals surface area contributed by atoms with Gasteiger partial charge in [-0.15, -0.1) is 0 Å². The second kappa shape index (κ2) is 4.95. The van der Waals surface area contributed by atoms with Gasteiger partial charge in [0.1, 0.15) is 11.2 Å². The van der Waals surface area contributed by atoms with Gasteiger partial charge in [0.2, 0.25) is 11.8 Å². The van der Waals surface area contributed by atoms with Crippen molar-refractivity contribution in [2.75, 3.05) is 0 Å². The smallest absolute Gasteiger partial charge is 0.277 e. The van der Waals surface area contributed by atoms with Crippen LogP contribution in [0.1, 0.15) is 31.2 Å². The molecule has 1 N–H and O–H groups in total. The molecular weight excluding hydrogens is 275 g/mol. The highest BCUT2D eigenvalue weighted by atomic mass is 19.1. The van der Waals surface area contributed by atoms with E-state index in [9.17, 15) is 18.8 Å². The van der Waals surface area contributed by atoms with Crippen molar-refractivity contribution in [1.29, 1.82) is 0 Å². The number of amides is 4. The maximum Gasteiger partial charge on any atom is 0.331 e. The zero-order valence-corrected chi connectivity index (χ0v) is 11.4. The van der Waals surface area contributed by atoms with E-state index in [-0.39, 0.29) is 12.4 Å². The number of nitrogens with zero attached hydrogens (tertiary/aromatic N) is 1. The van der Waals surface area contributed by atoms with Gasteiger partial charge in [0.05, 0.1) is 6.54 Å². The number of barbiturate groups is 1. The summed E-state index contributed by atoms with van der Waals surface area (Å²) in [4.78, 5) is 37.6. The third kappa shape index (κ3) is 2.20. The average molecular weight is 290 g/mol. The third-order valence-corrected chi connectivity index (χ3v) is 4.27. The fraction of sp³-hybridized carbons (Fsp3) is 0.400. The number of urea groups is 1. The second-order valence-electron chi connectivity index (χ2n) is 5.57. The van der Waals surface area contributed by atoms with Crippen LogP contribution in [0.4, 0.5) is 9.18 Å². The third-order valence-electron chi connectivity index (χ3n) is 4.27. The summed E-state index contributed by atoms with van der Waals surface area (Å²) in [7, 11) is 0. The van der Waals surface area contributed by atoms with Crippen molar-refractivity contribution in [3.05, 3.63) is 35.6 Å². The Balaban J connectivity index is 1.86. The quantitative estimate of drug-likeness (QED) is 0.847. The Morgan fingerprint density at radius 2 is 1.71 bits per heavy atom. The highest BCUT2D eigenvalue weighted by Gasteiger charge is 2.54. The van der Waals surface area contributed by atoms with E-state index in [4.69, 9.17) is 0 Å². The average Bonchev–Trinajstić information content (AvgIpc) is 2.95. The summed E-state index contributed by atoms with van der Waals surface area (Å²) in [6, 6.07) is 4.89. The first kappa shape index (κ1) is 13.7. The largest absolute Gasteiger partial charge is 0.331 e. The summed E-state index contributed by atoms with van der Waals surface area (Å²) < 4.78 is 12.9. The van der Waals surface area contributed by atoms with Gasteiger partial charge in [-0.1, -0.05) is 25.0 Å². The van der Waals surface area contributed by atoms with Gasteiger partial charge in [-0.3, -0.25) is 19.8 Å². The summed E-state index contributed by atoms with van der Waals surface area (Å²) in [5, 5.41) is 2.28. The number of rotatable bonds is 2. The van der Waals surface area contributed by atoms with Gasteiger partial charge in [-0.2, -0.15) is 0 Å². The predicted molar refractivity (Wildman–Crippen MR) is 71.4 cm³/mol. The molecule has 1 saturated carbocycles. The van der Waals surface area contributed by atoms with E-state index in [1.807, 2.05) is 0 Å². The molecule has 3 rings (SSSR count). The summed E-state index contributed by atoms with van der Waals surface area (Å²) in [5.74, 6) is -1.29. The van der Waals surface area contributed by atoms with Crippen LogP contribution in [-0.2, 0) is 16.1 Å². The van der Waals surface area contributed by atoms with Crippen LogP contribution in [0.25, 0.3) is 0 Å². The topological polar surface area (TPSA) is 66.5 Å². The molecule has 1 heterocycles. The molecule has 0 aromatic heterocycles. The molecule has 6 heteroatoms. The number of carbonyl (C=O) groups excluding carboxylic acids is 3. The molecule has 0 radical (unpaired) electrons. The van der Waals surface area contributed by atoms with Gasteiger partial charge >= 0.3 is 6.03 Å². The monoisotopic (exact) mass is 290 g/mol. The van der Waals surface area contributed by atoms with Crippen LogP contribution < -0.4 is 5.32 Å². The highest BCUT2D eigenvalue weighted by Crippen LogP contribution is 2.42. The van der Waals surface area contributed by atoms with Crippen molar-refractivity contribution in [3.63, 3.8) is 0 Å². The van der Waals surface area contributed by atoms with E-state index < -0.39 is 23.3 Å². The number of hydrogen-bond acceptors (Lipinski definition) is 3. The Hall–Kier alpha value is -2.24. The molecule has 110 valence electrons. The number of benzene rings is 1. The van der Waals surface area contributed by atoms with Gasteiger partial charge in [-0.25, -0.2) is 9.18 Å². The zero-order valence-electron chi connectivity index (χ0n) is 11.4. The number of nitrogens with one attached hydrogen (secondary N) is 1. The molecule has 0 atom stereocenters. The second-order valence-corrected chi connectivity index (χ2v) is 5.57. The van der Waals surface area contributed by atoms with E-state index in [0.717, 1.165) is 17.7 Å². The number of halogens is 1. The summed E-state index contributed by atoms with van der Waals surface area (Å²) in [6.07, 6.45) is 2.56. The minimum Gasteiger partial charge on any atom is -0.277 e. The normalized spacial score (nSPS) is 21.0. The lowest BCUT2D eigenvalue weighted by molar-refractivity contribution is -0.151. The van der Waals surface area contributed by atoms with Crippen molar-refractivity contribution in [1.82, 2.24) is 10.2 Å². The standard InChI is InChI=1S/C15H15FN2O3/c16-11-5-3-10(4-6-11)9-18-13(20)15(7-1-2-8-15)12(19)17-14(18)21/h3-6H,1-2,7-9H2,(H,17,19,21). The minimum atomic E-state index is -1.09. The zero-order chi connectivity index (χ0) is 15.0. The Bertz CT molecular complexity index is 606. The molecule has 1 aliphatic heterocycles. The van der Waals surface area contributed by atoms with E-state index in [2.05, 4.69) is 5.32 Å². The summed E-state index contributed by atoms with van der Waals surface area (Å²) in [6.45, 7) is 0.0416. The number of imide groups is 2. The molecule has 5 nitrogen and oxygen atoms in total. The van der Waals surface area contributed by atoms with Gasteiger partial charge in [0.15, 0.2) is 0 Å². The molecule has 2 fully saturated rings. The van der Waals surface area contributed by atoms with Gasteiger partial charge in [0.25, 0.3) is 0 Å². The molecule has 0 bridgehead atoms. The molecule has 0 unspecified atom stereocenters. The Kier molecular flexibility index (Phi) is 3.23. The van der Waals surface area contributed by atoms with Crippen LogP contribution in [0.2, 0.25) is 0 Å². The molecular formula is C15H15FN2O3. The van der Waals surface area contributed by atoms with Gasteiger partial charge in [0, 0.05) is 0 Å². The SMILES string of the molecule is O=C1NC(=O)C2(CCCC2)C(=O)N1Cc1ccc(F)cc1. The fourth-order valence-corrected chi connectivity index (χ4v) is 3.07. The van der Waals surface area contributed by atoms with Crippen LogP contribution in [0, 0.1) is 11.2 Å². The molecule has 1 aromatic rings. The lowest BCUT2D eigenvalue weighted by Crippen LogP contribution is -2.62. The Labute approximate surface area is 121 Å². The molecule has 1 aromatic carbocycles. The van der Waals surface area contributed by atoms with E-state index in [1.54, 1.807) is 0 Å². The van der Waals surface area contributed by atoms with Crippen molar-refractivity contribution in [2.45, 2.75) is 32.2 Å². The van der Waals surface area contributed by atoms with Gasteiger partial charge < -0.3 is 0 Å². The number of hydrogen-bond donors (Lipinski definition) is 1. The predicted octanol–water partition coefficient (Wildman–Crippen LogP) is 1.96. The van der Waals surface area contributed by atoms with Crippen molar-refractivity contribution >= 4 is 17.8 Å².